The predicted molar refractivity (Wildman–Crippen MR) is 55.3 cm³/mol. The van der Waals surface area contributed by atoms with E-state index in [2.05, 4.69) is 0 Å². The Labute approximate surface area is 89.2 Å². The maximum Gasteiger partial charge on any atom is 0.323 e. The van der Waals surface area contributed by atoms with Crippen molar-refractivity contribution in [3.8, 4) is 0 Å². The summed E-state index contributed by atoms with van der Waals surface area (Å²) in [4.78, 5) is 23.8. The van der Waals surface area contributed by atoms with Gasteiger partial charge in [0, 0.05) is 6.04 Å². The second-order valence-corrected chi connectivity index (χ2v) is 4.09. The Morgan fingerprint density at radius 1 is 1.47 bits per heavy atom. The van der Waals surface area contributed by atoms with Crippen LogP contribution in [0.1, 0.15) is 32.6 Å². The van der Waals surface area contributed by atoms with Crippen LogP contribution in [-0.4, -0.2) is 40.5 Å². The van der Waals surface area contributed by atoms with Gasteiger partial charge in [-0.1, -0.05) is 12.8 Å². The van der Waals surface area contributed by atoms with E-state index >= 15 is 0 Å². The Morgan fingerprint density at radius 2 is 2.00 bits per heavy atom. The van der Waals surface area contributed by atoms with Gasteiger partial charge in [0.05, 0.1) is 6.04 Å². The first-order valence-corrected chi connectivity index (χ1v) is 5.30. The van der Waals surface area contributed by atoms with Crippen LogP contribution in [0.5, 0.6) is 0 Å². The second-order valence-electron chi connectivity index (χ2n) is 4.09. The molecule has 0 aliphatic heterocycles. The zero-order valence-corrected chi connectivity index (χ0v) is 8.98. The Hall–Kier alpha value is -1.10. The van der Waals surface area contributed by atoms with Crippen LogP contribution in [0, 0.1) is 0 Å². The molecule has 0 bridgehead atoms. The molecule has 1 rings (SSSR count). The number of rotatable bonds is 4. The highest BCUT2D eigenvalue weighted by atomic mass is 16.4. The topological polar surface area (TPSA) is 83.6 Å². The van der Waals surface area contributed by atoms with Gasteiger partial charge in [-0.15, -0.1) is 0 Å². The first-order chi connectivity index (χ1) is 7.02. The highest BCUT2D eigenvalue weighted by Crippen LogP contribution is 2.23. The molecule has 1 aliphatic rings. The van der Waals surface area contributed by atoms with Crippen molar-refractivity contribution in [3.63, 3.8) is 0 Å². The van der Waals surface area contributed by atoms with Crippen molar-refractivity contribution in [2.75, 3.05) is 6.54 Å². The minimum atomic E-state index is -0.976. The van der Waals surface area contributed by atoms with Crippen molar-refractivity contribution in [1.29, 1.82) is 0 Å². The molecule has 0 aromatic carbocycles. The third-order valence-corrected chi connectivity index (χ3v) is 2.74. The summed E-state index contributed by atoms with van der Waals surface area (Å²) in [6, 6.07) is -0.551. The van der Waals surface area contributed by atoms with Crippen molar-refractivity contribution >= 4 is 11.9 Å². The molecule has 86 valence electrons. The summed E-state index contributed by atoms with van der Waals surface area (Å²) in [7, 11) is 0. The first-order valence-electron chi connectivity index (χ1n) is 5.30. The maximum absolute atomic E-state index is 11.7. The minimum Gasteiger partial charge on any atom is -0.480 e. The standard InChI is InChI=1S/C10H18N2O3/c1-7(11)10(15)12(6-9(13)14)8-4-2-3-5-8/h7-8H,2-6,11H2,1H3,(H,13,14)/t7-/m0/s1. The third kappa shape index (κ3) is 3.20. The van der Waals surface area contributed by atoms with Gasteiger partial charge in [0.1, 0.15) is 6.54 Å². The second kappa shape index (κ2) is 5.11. The number of carboxylic acids is 1. The van der Waals surface area contributed by atoms with Crippen LogP contribution in [0.15, 0.2) is 0 Å². The number of carbonyl (C=O) groups is 2. The van der Waals surface area contributed by atoms with Gasteiger partial charge in [-0.05, 0) is 19.8 Å². The third-order valence-electron chi connectivity index (χ3n) is 2.74. The first kappa shape index (κ1) is 12.0. The van der Waals surface area contributed by atoms with E-state index in [1.165, 1.54) is 4.90 Å². The summed E-state index contributed by atoms with van der Waals surface area (Å²) in [6.07, 6.45) is 3.91. The van der Waals surface area contributed by atoms with Gasteiger partial charge in [-0.3, -0.25) is 9.59 Å². The highest BCUT2D eigenvalue weighted by molar-refractivity contribution is 5.85. The van der Waals surface area contributed by atoms with E-state index in [-0.39, 0.29) is 18.5 Å². The average molecular weight is 214 g/mol. The Morgan fingerprint density at radius 3 is 2.40 bits per heavy atom. The number of aliphatic carboxylic acids is 1. The zero-order chi connectivity index (χ0) is 11.4. The van der Waals surface area contributed by atoms with Gasteiger partial charge in [0.2, 0.25) is 5.91 Å². The van der Waals surface area contributed by atoms with Gasteiger partial charge in [-0.2, -0.15) is 0 Å². The molecule has 1 aliphatic carbocycles. The molecule has 0 heterocycles. The molecule has 0 radical (unpaired) electrons. The number of hydrogen-bond donors (Lipinski definition) is 2. The Balaban J connectivity index is 2.67. The van der Waals surface area contributed by atoms with E-state index in [9.17, 15) is 9.59 Å². The highest BCUT2D eigenvalue weighted by Gasteiger charge is 2.29. The molecule has 1 saturated carbocycles. The van der Waals surface area contributed by atoms with Gasteiger partial charge < -0.3 is 15.7 Å². The van der Waals surface area contributed by atoms with Gasteiger partial charge in [0.25, 0.3) is 0 Å². The van der Waals surface area contributed by atoms with Crippen LogP contribution in [0.3, 0.4) is 0 Å². The summed E-state index contributed by atoms with van der Waals surface area (Å²) >= 11 is 0. The quantitative estimate of drug-likeness (QED) is 0.699. The molecule has 15 heavy (non-hydrogen) atoms. The molecule has 3 N–H and O–H groups in total. The minimum absolute atomic E-state index is 0.0691. The normalized spacial score (nSPS) is 18.8. The van der Waals surface area contributed by atoms with Crippen LogP contribution in [-0.2, 0) is 9.59 Å². The number of carbonyl (C=O) groups excluding carboxylic acids is 1. The molecule has 0 aromatic rings. The lowest BCUT2D eigenvalue weighted by Crippen LogP contribution is -2.48. The van der Waals surface area contributed by atoms with Crippen LogP contribution in [0.4, 0.5) is 0 Å². The molecule has 0 unspecified atom stereocenters. The van der Waals surface area contributed by atoms with Crippen molar-refractivity contribution in [3.05, 3.63) is 0 Å². The van der Waals surface area contributed by atoms with E-state index in [1.54, 1.807) is 6.92 Å². The maximum atomic E-state index is 11.7. The van der Waals surface area contributed by atoms with Crippen LogP contribution in [0.25, 0.3) is 0 Å². The van der Waals surface area contributed by atoms with Crippen molar-refractivity contribution < 1.29 is 14.7 Å². The number of amides is 1. The molecule has 0 saturated heterocycles. The molecule has 1 atom stereocenters. The Bertz CT molecular complexity index is 247. The largest absolute Gasteiger partial charge is 0.480 e. The van der Waals surface area contributed by atoms with E-state index in [4.69, 9.17) is 10.8 Å². The van der Waals surface area contributed by atoms with E-state index in [0.717, 1.165) is 25.7 Å². The fourth-order valence-corrected chi connectivity index (χ4v) is 2.01. The number of carboxylic acid groups (broad SMARTS) is 1. The SMILES string of the molecule is C[C@H](N)C(=O)N(CC(=O)O)C1CCCC1. The molecule has 5 heteroatoms. The monoisotopic (exact) mass is 214 g/mol. The fourth-order valence-electron chi connectivity index (χ4n) is 2.01. The lowest BCUT2D eigenvalue weighted by Gasteiger charge is -2.28. The van der Waals surface area contributed by atoms with Crippen LogP contribution < -0.4 is 5.73 Å². The van der Waals surface area contributed by atoms with E-state index in [0.29, 0.717) is 0 Å². The van der Waals surface area contributed by atoms with E-state index < -0.39 is 12.0 Å². The van der Waals surface area contributed by atoms with Crippen molar-refractivity contribution in [1.82, 2.24) is 4.90 Å². The molecule has 0 aromatic heterocycles. The molecule has 0 spiro atoms. The number of hydrogen-bond acceptors (Lipinski definition) is 3. The number of nitrogens with two attached hydrogens (primary N) is 1. The molecule has 1 fully saturated rings. The predicted octanol–water partition coefficient (Wildman–Crippen LogP) is 0.189. The smallest absolute Gasteiger partial charge is 0.323 e. The zero-order valence-electron chi connectivity index (χ0n) is 8.98. The molecular formula is C10H18N2O3. The summed E-state index contributed by atoms with van der Waals surface area (Å²) in [5.74, 6) is -1.24. The average Bonchev–Trinajstić information content (AvgIpc) is 2.65. The van der Waals surface area contributed by atoms with Gasteiger partial charge >= 0.3 is 5.97 Å². The van der Waals surface area contributed by atoms with Gasteiger partial charge in [-0.25, -0.2) is 0 Å². The molecule has 5 nitrogen and oxygen atoms in total. The van der Waals surface area contributed by atoms with Crippen molar-refractivity contribution in [2.45, 2.75) is 44.7 Å². The van der Waals surface area contributed by atoms with Gasteiger partial charge in [0.15, 0.2) is 0 Å². The fraction of sp³-hybridized carbons (Fsp3) is 0.800. The molecule has 1 amide bonds. The summed E-state index contributed by atoms with van der Waals surface area (Å²) < 4.78 is 0. The van der Waals surface area contributed by atoms with Crippen LogP contribution >= 0.6 is 0 Å². The van der Waals surface area contributed by atoms with Crippen LogP contribution in [0.2, 0.25) is 0 Å². The summed E-state index contributed by atoms with van der Waals surface area (Å²) in [5, 5.41) is 8.74. The number of nitrogens with zero attached hydrogens (tertiary/aromatic N) is 1. The lowest BCUT2D eigenvalue weighted by atomic mass is 10.2. The lowest BCUT2D eigenvalue weighted by molar-refractivity contribution is -0.146. The molecular weight excluding hydrogens is 196 g/mol. The van der Waals surface area contributed by atoms with E-state index in [1.807, 2.05) is 0 Å². The summed E-state index contributed by atoms with van der Waals surface area (Å²) in [5.41, 5.74) is 5.50. The Kier molecular flexibility index (Phi) is 4.08. The van der Waals surface area contributed by atoms with Crippen molar-refractivity contribution in [2.24, 2.45) is 5.73 Å². The summed E-state index contributed by atoms with van der Waals surface area (Å²) in [6.45, 7) is 1.36.